The topological polar surface area (TPSA) is 46.3 Å². The van der Waals surface area contributed by atoms with Crippen molar-refractivity contribution in [3.05, 3.63) is 52.7 Å². The number of benzene rings is 1. The average Bonchev–Trinajstić information content (AvgIpc) is 2.75. The monoisotopic (exact) mass is 243 g/mol. The molecule has 94 valence electrons. The summed E-state index contributed by atoms with van der Waals surface area (Å²) < 4.78 is 5.78. The molecule has 18 heavy (non-hydrogen) atoms. The SMILES string of the molecule is CC(C)c1nc2c(o1)CCc1ccccc1C2O. The first-order valence-corrected chi connectivity index (χ1v) is 6.42. The maximum absolute atomic E-state index is 10.5. The van der Waals surface area contributed by atoms with Gasteiger partial charge in [-0.1, -0.05) is 38.1 Å². The minimum Gasteiger partial charge on any atom is -0.445 e. The summed E-state index contributed by atoms with van der Waals surface area (Å²) in [5, 5.41) is 10.5. The van der Waals surface area contributed by atoms with Crippen molar-refractivity contribution in [2.24, 2.45) is 0 Å². The zero-order chi connectivity index (χ0) is 12.7. The lowest BCUT2D eigenvalue weighted by Crippen LogP contribution is -2.03. The summed E-state index contributed by atoms with van der Waals surface area (Å²) in [5.41, 5.74) is 2.84. The third kappa shape index (κ3) is 1.75. The molecule has 3 nitrogen and oxygen atoms in total. The molecule has 2 aromatic rings. The van der Waals surface area contributed by atoms with Crippen LogP contribution in [0, 0.1) is 0 Å². The maximum atomic E-state index is 10.5. The van der Waals surface area contributed by atoms with E-state index in [4.69, 9.17) is 4.42 Å². The van der Waals surface area contributed by atoms with E-state index in [1.165, 1.54) is 5.56 Å². The molecule has 0 spiro atoms. The van der Waals surface area contributed by atoms with Gasteiger partial charge in [-0.2, -0.15) is 0 Å². The number of hydrogen-bond acceptors (Lipinski definition) is 3. The van der Waals surface area contributed by atoms with Gasteiger partial charge in [0, 0.05) is 12.3 Å². The molecule has 1 aromatic carbocycles. The van der Waals surface area contributed by atoms with E-state index in [2.05, 4.69) is 11.1 Å². The summed E-state index contributed by atoms with van der Waals surface area (Å²) in [6.07, 6.45) is 1.05. The van der Waals surface area contributed by atoms with Crippen LogP contribution in [-0.4, -0.2) is 10.1 Å². The van der Waals surface area contributed by atoms with Crippen molar-refractivity contribution < 1.29 is 9.52 Å². The number of aryl methyl sites for hydroxylation is 2. The molecular formula is C15H17NO2. The van der Waals surface area contributed by atoms with Crippen molar-refractivity contribution in [3.63, 3.8) is 0 Å². The molecule has 0 bridgehead atoms. The lowest BCUT2D eigenvalue weighted by molar-refractivity contribution is 0.214. The van der Waals surface area contributed by atoms with E-state index in [0.29, 0.717) is 5.69 Å². The van der Waals surface area contributed by atoms with Crippen molar-refractivity contribution >= 4 is 0 Å². The van der Waals surface area contributed by atoms with Crippen LogP contribution in [0.15, 0.2) is 28.7 Å². The number of hydrogen-bond donors (Lipinski definition) is 1. The van der Waals surface area contributed by atoms with E-state index >= 15 is 0 Å². The molecule has 0 saturated carbocycles. The van der Waals surface area contributed by atoms with E-state index in [-0.39, 0.29) is 5.92 Å². The van der Waals surface area contributed by atoms with E-state index < -0.39 is 6.10 Å². The second-order valence-corrected chi connectivity index (χ2v) is 5.12. The fourth-order valence-corrected chi connectivity index (χ4v) is 2.45. The third-order valence-corrected chi connectivity index (χ3v) is 3.47. The average molecular weight is 243 g/mol. The van der Waals surface area contributed by atoms with Crippen LogP contribution in [0.4, 0.5) is 0 Å². The summed E-state index contributed by atoms with van der Waals surface area (Å²) in [7, 11) is 0. The molecule has 0 aliphatic heterocycles. The summed E-state index contributed by atoms with van der Waals surface area (Å²) in [5.74, 6) is 1.81. The Morgan fingerprint density at radius 2 is 2.06 bits per heavy atom. The van der Waals surface area contributed by atoms with Crippen LogP contribution in [0.25, 0.3) is 0 Å². The number of aliphatic hydroxyl groups excluding tert-OH is 1. The third-order valence-electron chi connectivity index (χ3n) is 3.47. The van der Waals surface area contributed by atoms with E-state index in [1.807, 2.05) is 32.0 Å². The van der Waals surface area contributed by atoms with E-state index in [1.54, 1.807) is 0 Å². The van der Waals surface area contributed by atoms with Crippen LogP contribution in [0.2, 0.25) is 0 Å². The predicted octanol–water partition coefficient (Wildman–Crippen LogP) is 2.98. The number of aliphatic hydroxyl groups is 1. The molecule has 1 aromatic heterocycles. The molecular weight excluding hydrogens is 226 g/mol. The van der Waals surface area contributed by atoms with Crippen LogP contribution in [0.5, 0.6) is 0 Å². The fraction of sp³-hybridized carbons (Fsp3) is 0.400. The Morgan fingerprint density at radius 1 is 1.28 bits per heavy atom. The van der Waals surface area contributed by atoms with Gasteiger partial charge in [0.05, 0.1) is 0 Å². The molecule has 1 heterocycles. The molecule has 0 radical (unpaired) electrons. The van der Waals surface area contributed by atoms with Gasteiger partial charge in [-0.3, -0.25) is 0 Å². The molecule has 0 fully saturated rings. The first-order chi connectivity index (χ1) is 8.66. The van der Waals surface area contributed by atoms with E-state index in [9.17, 15) is 5.11 Å². The number of fused-ring (bicyclic) bond motifs is 2. The van der Waals surface area contributed by atoms with Crippen molar-refractivity contribution in [3.8, 4) is 0 Å². The number of oxazole rings is 1. The Balaban J connectivity index is 2.09. The molecule has 1 unspecified atom stereocenters. The molecule has 1 aliphatic rings. The number of aromatic nitrogens is 1. The molecule has 1 aliphatic carbocycles. The Labute approximate surface area is 106 Å². The van der Waals surface area contributed by atoms with Gasteiger partial charge in [0.25, 0.3) is 0 Å². The minimum absolute atomic E-state index is 0.249. The van der Waals surface area contributed by atoms with Gasteiger partial charge in [0.1, 0.15) is 17.6 Å². The molecule has 0 amide bonds. The molecule has 0 saturated heterocycles. The molecule has 1 N–H and O–H groups in total. The molecule has 3 heteroatoms. The van der Waals surface area contributed by atoms with E-state index in [0.717, 1.165) is 30.1 Å². The van der Waals surface area contributed by atoms with Crippen molar-refractivity contribution in [2.45, 2.75) is 38.7 Å². The Bertz CT molecular complexity index is 572. The smallest absolute Gasteiger partial charge is 0.197 e. The molecule has 3 rings (SSSR count). The Hall–Kier alpha value is -1.61. The summed E-state index contributed by atoms with van der Waals surface area (Å²) in [6, 6.07) is 7.99. The van der Waals surface area contributed by atoms with Crippen LogP contribution < -0.4 is 0 Å². The highest BCUT2D eigenvalue weighted by atomic mass is 16.4. The number of nitrogens with zero attached hydrogens (tertiary/aromatic N) is 1. The van der Waals surface area contributed by atoms with Crippen LogP contribution >= 0.6 is 0 Å². The quantitative estimate of drug-likeness (QED) is 0.837. The summed E-state index contributed by atoms with van der Waals surface area (Å²) >= 11 is 0. The largest absolute Gasteiger partial charge is 0.445 e. The van der Waals surface area contributed by atoms with Crippen molar-refractivity contribution in [1.82, 2.24) is 4.98 Å². The summed E-state index contributed by atoms with van der Waals surface area (Å²) in [6.45, 7) is 4.09. The van der Waals surface area contributed by atoms with Crippen LogP contribution in [-0.2, 0) is 12.8 Å². The highest BCUT2D eigenvalue weighted by molar-refractivity contribution is 5.37. The van der Waals surface area contributed by atoms with Gasteiger partial charge >= 0.3 is 0 Å². The zero-order valence-corrected chi connectivity index (χ0v) is 10.7. The minimum atomic E-state index is -0.657. The molecule has 1 atom stereocenters. The van der Waals surface area contributed by atoms with Gasteiger partial charge in [-0.25, -0.2) is 4.98 Å². The first kappa shape index (κ1) is 11.5. The van der Waals surface area contributed by atoms with Gasteiger partial charge in [0.15, 0.2) is 5.89 Å². The summed E-state index contributed by atoms with van der Waals surface area (Å²) in [4.78, 5) is 4.47. The highest BCUT2D eigenvalue weighted by Gasteiger charge is 2.27. The predicted molar refractivity (Wildman–Crippen MR) is 68.5 cm³/mol. The first-order valence-electron chi connectivity index (χ1n) is 6.42. The van der Waals surface area contributed by atoms with Gasteiger partial charge < -0.3 is 9.52 Å². The van der Waals surface area contributed by atoms with Crippen LogP contribution in [0.1, 0.15) is 54.3 Å². The lowest BCUT2D eigenvalue weighted by Gasteiger charge is -2.10. The number of rotatable bonds is 1. The van der Waals surface area contributed by atoms with Crippen molar-refractivity contribution in [1.29, 1.82) is 0 Å². The van der Waals surface area contributed by atoms with Gasteiger partial charge in [0.2, 0.25) is 0 Å². The van der Waals surface area contributed by atoms with Crippen LogP contribution in [0.3, 0.4) is 0 Å². The van der Waals surface area contributed by atoms with Gasteiger partial charge in [-0.05, 0) is 17.5 Å². The zero-order valence-electron chi connectivity index (χ0n) is 10.7. The lowest BCUT2D eigenvalue weighted by atomic mass is 10.0. The van der Waals surface area contributed by atoms with Gasteiger partial charge in [-0.15, -0.1) is 0 Å². The highest BCUT2D eigenvalue weighted by Crippen LogP contribution is 2.33. The second kappa shape index (κ2) is 4.25. The Morgan fingerprint density at radius 3 is 2.83 bits per heavy atom. The second-order valence-electron chi connectivity index (χ2n) is 5.12. The van der Waals surface area contributed by atoms with Crippen molar-refractivity contribution in [2.75, 3.05) is 0 Å². The normalized spacial score (nSPS) is 18.3. The maximum Gasteiger partial charge on any atom is 0.197 e. The standard InChI is InChI=1S/C15H17NO2/c1-9(2)15-16-13-12(18-15)8-7-10-5-3-4-6-11(10)14(13)17/h3-6,9,14,17H,7-8H2,1-2H3. The fourth-order valence-electron chi connectivity index (χ4n) is 2.45. The Kier molecular flexibility index (Phi) is 2.71.